The molecule has 0 saturated carbocycles. The number of carbonyl (C=O) groups is 2. The molecule has 33 heavy (non-hydrogen) atoms. The molecule has 0 unspecified atom stereocenters. The van der Waals surface area contributed by atoms with Crippen LogP contribution >= 0.6 is 0 Å². The highest BCUT2D eigenvalue weighted by molar-refractivity contribution is 6.30. The zero-order chi connectivity index (χ0) is 23.6. The highest BCUT2D eigenvalue weighted by Gasteiger charge is 2.49. The smallest absolute Gasteiger partial charge is 0.267 e. The van der Waals surface area contributed by atoms with E-state index in [1.807, 2.05) is 54.6 Å². The first-order valence-electron chi connectivity index (χ1n) is 10.3. The molecular weight excluding hydrogens is 432 g/mol. The molecule has 0 aliphatic carbocycles. The monoisotopic (exact) mass is 453 g/mol. The molecule has 2 amide bonds. The van der Waals surface area contributed by atoms with Crippen LogP contribution in [0.4, 0.5) is 0 Å². The molecule has 2 atom stereocenters. The van der Waals surface area contributed by atoms with Crippen LogP contribution in [-0.2, 0) is 11.3 Å². The third-order valence-corrected chi connectivity index (χ3v) is 6.62. The van der Waals surface area contributed by atoms with Gasteiger partial charge in [0.2, 0.25) is 0 Å². The van der Waals surface area contributed by atoms with Crippen LogP contribution in [0, 0.1) is 11.8 Å². The highest BCUT2D eigenvalue weighted by atomic mass is 28.1. The van der Waals surface area contributed by atoms with Gasteiger partial charge >= 0.3 is 0 Å². The van der Waals surface area contributed by atoms with Crippen LogP contribution in [-0.4, -0.2) is 48.5 Å². The number of hydrogen-bond acceptors (Lipinski definition) is 4. The molecule has 0 spiro atoms. The van der Waals surface area contributed by atoms with E-state index in [0.29, 0.717) is 11.1 Å². The molecule has 3 aromatic rings. The van der Waals surface area contributed by atoms with E-state index in [1.54, 1.807) is 18.2 Å². The van der Waals surface area contributed by atoms with Crippen LogP contribution in [0.2, 0.25) is 0 Å². The minimum atomic E-state index is -1.81. The maximum Gasteiger partial charge on any atom is 0.267 e. The Kier molecular flexibility index (Phi) is 6.16. The van der Waals surface area contributed by atoms with Gasteiger partial charge in [-0.3, -0.25) is 14.8 Å². The largest absolute Gasteiger partial charge is 0.391 e. The number of hydrogen-bond donors (Lipinski definition) is 3. The Balaban J connectivity index is 1.60. The van der Waals surface area contributed by atoms with E-state index < -0.39 is 23.1 Å². The number of rotatable bonds is 4. The second-order valence-corrected chi connectivity index (χ2v) is 8.61. The molecule has 7 heteroatoms. The fraction of sp³-hybridized carbons (Fsp3) is 0.154. The standard InChI is InChI=1S/C26H21N2O4Si/c1-17(29)26(33,25(31)27-32)28-16-22-15-19(12-13-23(22)24(28)30)11-10-18-6-5-9-21(14-18)20-7-3-2-4-8-20/h2-9,12-15,17,29,32H,16H2,1H3,(H,27,31)/t17-,26+/m1/s1. The SMILES string of the molecule is C[C@@H](O)[C@]([Si])(C(=O)NO)N1Cc2cc(C#Cc3cccc(-c4ccccc4)c3)ccc2C1=O. The maximum absolute atomic E-state index is 12.9. The summed E-state index contributed by atoms with van der Waals surface area (Å²) >= 11 is 0. The molecule has 0 saturated heterocycles. The number of nitrogens with zero attached hydrogens (tertiary/aromatic N) is 1. The van der Waals surface area contributed by atoms with Gasteiger partial charge in [-0.05, 0) is 53.9 Å². The van der Waals surface area contributed by atoms with E-state index in [2.05, 4.69) is 22.1 Å². The van der Waals surface area contributed by atoms with E-state index in [0.717, 1.165) is 22.3 Å². The van der Waals surface area contributed by atoms with Gasteiger partial charge in [0.25, 0.3) is 11.8 Å². The first-order valence-corrected chi connectivity index (χ1v) is 10.8. The van der Waals surface area contributed by atoms with Gasteiger partial charge in [0.1, 0.15) is 5.16 Å². The van der Waals surface area contributed by atoms with E-state index in [9.17, 15) is 14.7 Å². The van der Waals surface area contributed by atoms with E-state index in [-0.39, 0.29) is 6.54 Å². The number of carbonyl (C=O) groups excluding carboxylic acids is 2. The first kappa shape index (κ1) is 22.5. The minimum absolute atomic E-state index is 0.0784. The topological polar surface area (TPSA) is 89.9 Å². The molecule has 1 heterocycles. The van der Waals surface area contributed by atoms with Gasteiger partial charge in [-0.2, -0.15) is 0 Å². The zero-order valence-corrected chi connectivity index (χ0v) is 18.9. The predicted octanol–water partition coefficient (Wildman–Crippen LogP) is 2.46. The van der Waals surface area contributed by atoms with E-state index in [1.165, 1.54) is 17.3 Å². The van der Waals surface area contributed by atoms with Gasteiger partial charge < -0.3 is 10.0 Å². The first-order chi connectivity index (χ1) is 15.8. The quantitative estimate of drug-likeness (QED) is 0.245. The Morgan fingerprint density at radius 2 is 1.70 bits per heavy atom. The van der Waals surface area contributed by atoms with Crippen molar-refractivity contribution in [3.63, 3.8) is 0 Å². The van der Waals surface area contributed by atoms with Crippen LogP contribution in [0.1, 0.15) is 34.0 Å². The summed E-state index contributed by atoms with van der Waals surface area (Å²) in [5.74, 6) is 4.93. The second-order valence-electron chi connectivity index (χ2n) is 7.84. The Labute approximate surface area is 195 Å². The summed E-state index contributed by atoms with van der Waals surface area (Å²) in [5, 5.41) is 17.5. The Morgan fingerprint density at radius 1 is 1.03 bits per heavy atom. The maximum atomic E-state index is 12.9. The van der Waals surface area contributed by atoms with E-state index >= 15 is 0 Å². The van der Waals surface area contributed by atoms with Crippen molar-refractivity contribution in [2.75, 3.05) is 0 Å². The average Bonchev–Trinajstić information content (AvgIpc) is 3.18. The number of aliphatic hydroxyl groups is 1. The van der Waals surface area contributed by atoms with Crippen LogP contribution in [0.15, 0.2) is 72.8 Å². The van der Waals surface area contributed by atoms with Crippen molar-refractivity contribution >= 4 is 22.1 Å². The highest BCUT2D eigenvalue weighted by Crippen LogP contribution is 2.31. The Hall–Kier alpha value is -3.70. The van der Waals surface area contributed by atoms with Crippen LogP contribution in [0.3, 0.4) is 0 Å². The molecule has 0 aromatic heterocycles. The van der Waals surface area contributed by atoms with Crippen molar-refractivity contribution in [2.45, 2.75) is 24.7 Å². The van der Waals surface area contributed by atoms with Gasteiger partial charge in [0.05, 0.1) is 16.3 Å². The van der Waals surface area contributed by atoms with Crippen molar-refractivity contribution in [2.24, 2.45) is 0 Å². The molecule has 1 aliphatic heterocycles. The second kappa shape index (κ2) is 9.04. The molecule has 4 rings (SSSR count). The summed E-state index contributed by atoms with van der Waals surface area (Å²) in [6.07, 6.45) is -1.28. The molecule has 163 valence electrons. The molecule has 3 radical (unpaired) electrons. The Bertz CT molecular complexity index is 1280. The van der Waals surface area contributed by atoms with Crippen molar-refractivity contribution in [3.05, 3.63) is 95.1 Å². The van der Waals surface area contributed by atoms with Gasteiger partial charge in [-0.25, -0.2) is 5.48 Å². The zero-order valence-electron chi connectivity index (χ0n) is 17.9. The number of fused-ring (bicyclic) bond motifs is 1. The lowest BCUT2D eigenvalue weighted by atomic mass is 10.0. The van der Waals surface area contributed by atoms with E-state index in [4.69, 9.17) is 5.21 Å². The molecule has 0 bridgehead atoms. The lowest BCUT2D eigenvalue weighted by Gasteiger charge is -2.38. The van der Waals surface area contributed by atoms with Crippen LogP contribution in [0.25, 0.3) is 11.1 Å². The molecule has 3 aromatic carbocycles. The average molecular weight is 454 g/mol. The summed E-state index contributed by atoms with van der Waals surface area (Å²) in [7, 11) is 3.23. The predicted molar refractivity (Wildman–Crippen MR) is 124 cm³/mol. The number of benzene rings is 3. The van der Waals surface area contributed by atoms with Crippen molar-refractivity contribution < 1.29 is 19.9 Å². The number of hydroxylamine groups is 1. The number of nitrogens with one attached hydrogen (secondary N) is 1. The van der Waals surface area contributed by atoms with Crippen molar-refractivity contribution in [1.29, 1.82) is 0 Å². The molecule has 3 N–H and O–H groups in total. The molecule has 1 aliphatic rings. The van der Waals surface area contributed by atoms with Crippen LogP contribution in [0.5, 0.6) is 0 Å². The van der Waals surface area contributed by atoms with Crippen molar-refractivity contribution in [3.8, 4) is 23.0 Å². The summed E-state index contributed by atoms with van der Waals surface area (Å²) in [5.41, 5.74) is 6.38. The van der Waals surface area contributed by atoms with Crippen molar-refractivity contribution in [1.82, 2.24) is 10.4 Å². The number of aliphatic hydroxyl groups excluding tert-OH is 1. The lowest BCUT2D eigenvalue weighted by Crippen LogP contribution is -2.65. The van der Waals surface area contributed by atoms with Gasteiger partial charge in [-0.15, -0.1) is 0 Å². The summed E-state index contributed by atoms with van der Waals surface area (Å²) in [6.45, 7) is 1.44. The third kappa shape index (κ3) is 4.20. The molecule has 6 nitrogen and oxygen atoms in total. The summed E-state index contributed by atoms with van der Waals surface area (Å²) in [6, 6.07) is 23.2. The fourth-order valence-electron chi connectivity index (χ4n) is 3.86. The Morgan fingerprint density at radius 3 is 2.36 bits per heavy atom. The molecular formula is C26H21N2O4Si. The number of amides is 2. The van der Waals surface area contributed by atoms with Gasteiger partial charge in [0, 0.05) is 23.2 Å². The normalized spacial score (nSPS) is 15.2. The summed E-state index contributed by atoms with van der Waals surface area (Å²) < 4.78 is 0. The third-order valence-electron chi connectivity index (χ3n) is 5.71. The van der Waals surface area contributed by atoms with Gasteiger partial charge in [-0.1, -0.05) is 54.3 Å². The lowest BCUT2D eigenvalue weighted by molar-refractivity contribution is -0.140. The summed E-state index contributed by atoms with van der Waals surface area (Å²) in [4.78, 5) is 26.3. The van der Waals surface area contributed by atoms with Crippen LogP contribution < -0.4 is 5.48 Å². The van der Waals surface area contributed by atoms with Gasteiger partial charge in [0.15, 0.2) is 0 Å². The fourth-order valence-corrected chi connectivity index (χ4v) is 4.09. The minimum Gasteiger partial charge on any atom is -0.391 e. The molecule has 0 fully saturated rings.